The number of nitrogens with zero attached hydrogens (tertiary/aromatic N) is 2. The second kappa shape index (κ2) is 6.10. The molecule has 3 N–H and O–H groups in total. The molecule has 1 aromatic heterocycles. The van der Waals surface area contributed by atoms with Crippen LogP contribution < -0.4 is 11.1 Å². The van der Waals surface area contributed by atoms with Crippen LogP contribution in [0.2, 0.25) is 0 Å². The summed E-state index contributed by atoms with van der Waals surface area (Å²) in [6.45, 7) is 2.15. The van der Waals surface area contributed by atoms with Gasteiger partial charge in [-0.15, -0.1) is 0 Å². The molecule has 1 saturated heterocycles. The standard InChI is InChI=1S/C12H20N4S/c1-2-4-10-11(13)14-8-15-12(10)16-9-5-3-6-17-7-9/h8-9H,2-7H2,1H3,(H3,13,14,15,16). The summed E-state index contributed by atoms with van der Waals surface area (Å²) in [6, 6.07) is 0.527. The SMILES string of the molecule is CCCc1c(N)ncnc1NC1CCCSC1. The molecule has 1 fully saturated rings. The Morgan fingerprint density at radius 2 is 2.41 bits per heavy atom. The van der Waals surface area contributed by atoms with Crippen molar-refractivity contribution in [2.75, 3.05) is 22.6 Å². The van der Waals surface area contributed by atoms with E-state index in [1.165, 1.54) is 18.6 Å². The molecule has 17 heavy (non-hydrogen) atoms. The number of rotatable bonds is 4. The number of hydrogen-bond donors (Lipinski definition) is 2. The van der Waals surface area contributed by atoms with Crippen LogP contribution in [-0.4, -0.2) is 27.5 Å². The molecule has 2 heterocycles. The largest absolute Gasteiger partial charge is 0.383 e. The minimum absolute atomic E-state index is 0.527. The van der Waals surface area contributed by atoms with Crippen molar-refractivity contribution >= 4 is 23.4 Å². The summed E-state index contributed by atoms with van der Waals surface area (Å²) in [5.74, 6) is 4.00. The molecule has 2 rings (SSSR count). The number of nitrogen functional groups attached to an aromatic ring is 1. The Bertz CT molecular complexity index is 364. The fourth-order valence-corrected chi connectivity index (χ4v) is 3.17. The van der Waals surface area contributed by atoms with Gasteiger partial charge in [0.1, 0.15) is 18.0 Å². The smallest absolute Gasteiger partial charge is 0.134 e. The van der Waals surface area contributed by atoms with Gasteiger partial charge >= 0.3 is 0 Å². The molecular formula is C12H20N4S. The monoisotopic (exact) mass is 252 g/mol. The van der Waals surface area contributed by atoms with Gasteiger partial charge in [-0.1, -0.05) is 13.3 Å². The number of nitrogens with one attached hydrogen (secondary N) is 1. The quantitative estimate of drug-likeness (QED) is 0.861. The molecule has 0 saturated carbocycles. The van der Waals surface area contributed by atoms with Gasteiger partial charge in [0, 0.05) is 17.4 Å². The first kappa shape index (κ1) is 12.5. The van der Waals surface area contributed by atoms with Gasteiger partial charge in [-0.25, -0.2) is 9.97 Å². The van der Waals surface area contributed by atoms with Crippen LogP contribution in [0, 0.1) is 0 Å². The second-order valence-corrected chi connectivity index (χ2v) is 5.54. The highest BCUT2D eigenvalue weighted by Gasteiger charge is 2.16. The molecule has 0 aromatic carbocycles. The fourth-order valence-electron chi connectivity index (χ4n) is 2.09. The summed E-state index contributed by atoms with van der Waals surface area (Å²) < 4.78 is 0. The van der Waals surface area contributed by atoms with E-state index in [1.54, 1.807) is 6.33 Å². The number of anilines is 2. The Labute approximate surface area is 107 Å². The highest BCUT2D eigenvalue weighted by atomic mass is 32.2. The van der Waals surface area contributed by atoms with Crippen molar-refractivity contribution < 1.29 is 0 Å². The summed E-state index contributed by atoms with van der Waals surface area (Å²) in [7, 11) is 0. The van der Waals surface area contributed by atoms with E-state index in [0.29, 0.717) is 11.9 Å². The average Bonchev–Trinajstić information content (AvgIpc) is 2.35. The van der Waals surface area contributed by atoms with Crippen LogP contribution in [0.25, 0.3) is 0 Å². The zero-order chi connectivity index (χ0) is 12.1. The molecular weight excluding hydrogens is 232 g/mol. The molecule has 0 aliphatic carbocycles. The van der Waals surface area contributed by atoms with Gasteiger partial charge in [0.25, 0.3) is 0 Å². The van der Waals surface area contributed by atoms with Crippen molar-refractivity contribution in [3.63, 3.8) is 0 Å². The van der Waals surface area contributed by atoms with Crippen LogP contribution in [0.3, 0.4) is 0 Å². The van der Waals surface area contributed by atoms with Gasteiger partial charge in [0.2, 0.25) is 0 Å². The summed E-state index contributed by atoms with van der Waals surface area (Å²) in [6.07, 6.45) is 6.06. The van der Waals surface area contributed by atoms with E-state index in [0.717, 1.165) is 30.0 Å². The summed E-state index contributed by atoms with van der Waals surface area (Å²) in [5.41, 5.74) is 6.99. The molecule has 0 spiro atoms. The molecule has 4 nitrogen and oxygen atoms in total. The predicted molar refractivity (Wildman–Crippen MR) is 74.4 cm³/mol. The van der Waals surface area contributed by atoms with E-state index >= 15 is 0 Å². The van der Waals surface area contributed by atoms with Gasteiger partial charge in [0.15, 0.2) is 0 Å². The van der Waals surface area contributed by atoms with E-state index < -0.39 is 0 Å². The Kier molecular flexibility index (Phi) is 4.48. The minimum atomic E-state index is 0.527. The summed E-state index contributed by atoms with van der Waals surface area (Å²) >= 11 is 2.01. The zero-order valence-electron chi connectivity index (χ0n) is 10.3. The lowest BCUT2D eigenvalue weighted by molar-refractivity contribution is 0.680. The number of nitrogens with two attached hydrogens (primary N) is 1. The molecule has 1 atom stereocenters. The lowest BCUT2D eigenvalue weighted by Crippen LogP contribution is -2.27. The van der Waals surface area contributed by atoms with E-state index in [4.69, 9.17) is 5.73 Å². The lowest BCUT2D eigenvalue weighted by Gasteiger charge is -2.24. The van der Waals surface area contributed by atoms with Crippen LogP contribution in [-0.2, 0) is 6.42 Å². The third-order valence-electron chi connectivity index (χ3n) is 2.98. The average molecular weight is 252 g/mol. The van der Waals surface area contributed by atoms with Gasteiger partial charge < -0.3 is 11.1 Å². The maximum Gasteiger partial charge on any atom is 0.134 e. The van der Waals surface area contributed by atoms with Gasteiger partial charge in [-0.05, 0) is 25.0 Å². The summed E-state index contributed by atoms with van der Waals surface area (Å²) in [4.78, 5) is 8.41. The topological polar surface area (TPSA) is 63.8 Å². The highest BCUT2D eigenvalue weighted by Crippen LogP contribution is 2.24. The predicted octanol–water partition coefficient (Wildman–Crippen LogP) is 2.32. The maximum atomic E-state index is 5.92. The van der Waals surface area contributed by atoms with E-state index in [9.17, 15) is 0 Å². The number of thioether (sulfide) groups is 1. The first-order chi connectivity index (χ1) is 8.31. The van der Waals surface area contributed by atoms with Crippen molar-refractivity contribution in [3.05, 3.63) is 11.9 Å². The van der Waals surface area contributed by atoms with Crippen molar-refractivity contribution in [1.82, 2.24) is 9.97 Å². The molecule has 1 aliphatic heterocycles. The molecule has 1 unspecified atom stereocenters. The van der Waals surface area contributed by atoms with Crippen LogP contribution in [0.5, 0.6) is 0 Å². The van der Waals surface area contributed by atoms with Gasteiger partial charge in [-0.3, -0.25) is 0 Å². The van der Waals surface area contributed by atoms with Crippen LogP contribution >= 0.6 is 11.8 Å². The number of hydrogen-bond acceptors (Lipinski definition) is 5. The van der Waals surface area contributed by atoms with E-state index in [2.05, 4.69) is 22.2 Å². The van der Waals surface area contributed by atoms with Crippen molar-refractivity contribution in [1.29, 1.82) is 0 Å². The Hall–Kier alpha value is -0.970. The lowest BCUT2D eigenvalue weighted by atomic mass is 10.1. The maximum absolute atomic E-state index is 5.92. The molecule has 1 aromatic rings. The van der Waals surface area contributed by atoms with E-state index in [-0.39, 0.29) is 0 Å². The molecule has 94 valence electrons. The Morgan fingerprint density at radius 1 is 1.53 bits per heavy atom. The molecule has 1 aliphatic rings. The van der Waals surface area contributed by atoms with Crippen molar-refractivity contribution in [2.24, 2.45) is 0 Å². The molecule has 5 heteroatoms. The van der Waals surface area contributed by atoms with Gasteiger partial charge in [0.05, 0.1) is 0 Å². The van der Waals surface area contributed by atoms with Crippen LogP contribution in [0.1, 0.15) is 31.7 Å². The van der Waals surface area contributed by atoms with Crippen LogP contribution in [0.15, 0.2) is 6.33 Å². The van der Waals surface area contributed by atoms with Crippen LogP contribution in [0.4, 0.5) is 11.6 Å². The van der Waals surface area contributed by atoms with Crippen molar-refractivity contribution in [3.8, 4) is 0 Å². The minimum Gasteiger partial charge on any atom is -0.383 e. The van der Waals surface area contributed by atoms with Gasteiger partial charge in [-0.2, -0.15) is 11.8 Å². The Morgan fingerprint density at radius 3 is 3.12 bits per heavy atom. The van der Waals surface area contributed by atoms with E-state index in [1.807, 2.05) is 11.8 Å². The highest BCUT2D eigenvalue weighted by molar-refractivity contribution is 7.99. The number of aromatic nitrogens is 2. The normalized spacial score (nSPS) is 20.2. The third kappa shape index (κ3) is 3.25. The van der Waals surface area contributed by atoms with Crippen molar-refractivity contribution in [2.45, 2.75) is 38.6 Å². The fraction of sp³-hybridized carbons (Fsp3) is 0.667. The zero-order valence-corrected chi connectivity index (χ0v) is 11.1. The summed E-state index contributed by atoms with van der Waals surface area (Å²) in [5, 5.41) is 3.52. The molecule has 0 amide bonds. The molecule has 0 radical (unpaired) electrons. The molecule has 0 bridgehead atoms. The second-order valence-electron chi connectivity index (χ2n) is 4.39. The Balaban J connectivity index is 2.10. The first-order valence-corrected chi connectivity index (χ1v) is 7.40. The third-order valence-corrected chi connectivity index (χ3v) is 4.20. The first-order valence-electron chi connectivity index (χ1n) is 6.25.